The first-order valence-corrected chi connectivity index (χ1v) is 11.1. The Kier molecular flexibility index (Phi) is 6.26. The van der Waals surface area contributed by atoms with Gasteiger partial charge >= 0.3 is 5.97 Å². The van der Waals surface area contributed by atoms with Crippen molar-refractivity contribution in [3.8, 4) is 0 Å². The van der Waals surface area contributed by atoms with Crippen LogP contribution in [-0.4, -0.2) is 33.8 Å². The summed E-state index contributed by atoms with van der Waals surface area (Å²) in [6.45, 7) is 3.79. The number of carbonyl (C=O) groups is 1. The molecule has 0 aliphatic heterocycles. The van der Waals surface area contributed by atoms with E-state index in [4.69, 9.17) is 9.15 Å². The molecule has 3 rings (SSSR count). The number of fused-ring (bicyclic) bond motifs is 1. The lowest BCUT2D eigenvalue weighted by molar-refractivity contribution is 0.0602. The molecule has 1 heterocycles. The molecule has 0 unspecified atom stereocenters. The molecule has 0 atom stereocenters. The Morgan fingerprint density at radius 2 is 1.90 bits per heavy atom. The number of anilines is 1. The number of para-hydroxylation sites is 1. The van der Waals surface area contributed by atoms with Crippen LogP contribution in [-0.2, 0) is 21.0 Å². The van der Waals surface area contributed by atoms with Gasteiger partial charge in [-0.15, -0.1) is 0 Å². The van der Waals surface area contributed by atoms with Gasteiger partial charge in [0.1, 0.15) is 5.58 Å². The zero-order valence-electron chi connectivity index (χ0n) is 17.0. The summed E-state index contributed by atoms with van der Waals surface area (Å²) in [6.07, 6.45) is 0.451. The van der Waals surface area contributed by atoms with Gasteiger partial charge in [-0.3, -0.25) is 4.79 Å². The summed E-state index contributed by atoms with van der Waals surface area (Å²) in [7, 11) is -2.33. The lowest BCUT2D eigenvalue weighted by Crippen LogP contribution is -2.12. The molecule has 30 heavy (non-hydrogen) atoms. The average molecular weight is 429 g/mol. The van der Waals surface area contributed by atoms with Crippen molar-refractivity contribution in [2.24, 2.45) is 0 Å². The Bertz CT molecular complexity index is 1260. The lowest BCUT2D eigenvalue weighted by atomic mass is 10.0. The van der Waals surface area contributed by atoms with Crippen LogP contribution in [0.25, 0.3) is 11.0 Å². The Balaban J connectivity index is 1.95. The number of carbonyl (C=O) groups excluding carboxylic acids is 1. The van der Waals surface area contributed by atoms with Gasteiger partial charge in [0.05, 0.1) is 23.8 Å². The molecular weight excluding hydrogens is 406 g/mol. The van der Waals surface area contributed by atoms with E-state index >= 15 is 0 Å². The molecule has 0 fully saturated rings. The second-order valence-corrected chi connectivity index (χ2v) is 9.06. The normalized spacial score (nSPS) is 11.4. The Hall–Kier alpha value is -3.13. The van der Waals surface area contributed by atoms with Crippen molar-refractivity contribution in [2.45, 2.75) is 25.4 Å². The molecule has 0 aliphatic carbocycles. The van der Waals surface area contributed by atoms with Crippen molar-refractivity contribution in [1.82, 2.24) is 0 Å². The standard InChI is InChI=1S/C22H23NO6S/c1-4-30(26,27)20-13-19(24)17-12-14(2)11-15(21(17)29-20)9-10-23-18-8-6-5-7-16(18)22(25)28-3/h5-8,11-13,23H,4,9-10H2,1-3H3. The van der Waals surface area contributed by atoms with Gasteiger partial charge in [-0.25, -0.2) is 13.2 Å². The summed E-state index contributed by atoms with van der Waals surface area (Å²) in [4.78, 5) is 24.4. The highest BCUT2D eigenvalue weighted by Crippen LogP contribution is 2.23. The molecule has 3 aromatic rings. The van der Waals surface area contributed by atoms with Crippen LogP contribution in [0, 0.1) is 6.92 Å². The van der Waals surface area contributed by atoms with Crippen LogP contribution in [0.15, 0.2) is 56.8 Å². The monoisotopic (exact) mass is 429 g/mol. The van der Waals surface area contributed by atoms with Gasteiger partial charge in [0.25, 0.3) is 0 Å². The first-order valence-electron chi connectivity index (χ1n) is 9.48. The number of methoxy groups -OCH3 is 1. The first-order chi connectivity index (χ1) is 14.3. The lowest BCUT2D eigenvalue weighted by Gasteiger charge is -2.12. The largest absolute Gasteiger partial charge is 0.465 e. The van der Waals surface area contributed by atoms with Crippen LogP contribution in [0.2, 0.25) is 0 Å². The number of nitrogens with one attached hydrogen (secondary N) is 1. The third-order valence-electron chi connectivity index (χ3n) is 4.76. The summed E-state index contributed by atoms with van der Waals surface area (Å²) in [6, 6.07) is 11.6. The summed E-state index contributed by atoms with van der Waals surface area (Å²) in [5.74, 6) is -0.603. The Morgan fingerprint density at radius 3 is 2.60 bits per heavy atom. The highest BCUT2D eigenvalue weighted by Gasteiger charge is 2.19. The molecule has 0 spiro atoms. The maximum Gasteiger partial charge on any atom is 0.339 e. The quantitative estimate of drug-likeness (QED) is 0.575. The first kappa shape index (κ1) is 21.6. The highest BCUT2D eigenvalue weighted by atomic mass is 32.2. The number of esters is 1. The molecule has 1 N–H and O–H groups in total. The Morgan fingerprint density at radius 1 is 1.17 bits per heavy atom. The van der Waals surface area contributed by atoms with Gasteiger partial charge in [0.15, 0.2) is 5.43 Å². The molecule has 0 bridgehead atoms. The van der Waals surface area contributed by atoms with Crippen molar-refractivity contribution in [1.29, 1.82) is 0 Å². The molecule has 0 saturated heterocycles. The van der Waals surface area contributed by atoms with Crippen LogP contribution in [0.3, 0.4) is 0 Å². The fourth-order valence-corrected chi connectivity index (χ4v) is 3.99. The predicted octanol–water partition coefficient (Wildman–Crippen LogP) is 3.34. The molecule has 1 aromatic heterocycles. The molecule has 0 radical (unpaired) electrons. The number of ether oxygens (including phenoxy) is 1. The molecular formula is C22H23NO6S. The van der Waals surface area contributed by atoms with E-state index in [9.17, 15) is 18.0 Å². The van der Waals surface area contributed by atoms with Crippen LogP contribution in [0.5, 0.6) is 0 Å². The topological polar surface area (TPSA) is 103 Å². The maximum absolute atomic E-state index is 12.5. The van der Waals surface area contributed by atoms with Crippen molar-refractivity contribution < 1.29 is 22.4 Å². The number of sulfone groups is 1. The van der Waals surface area contributed by atoms with Gasteiger partial charge in [-0.1, -0.05) is 25.1 Å². The minimum atomic E-state index is -3.65. The van der Waals surface area contributed by atoms with Crippen molar-refractivity contribution in [2.75, 3.05) is 24.7 Å². The van der Waals surface area contributed by atoms with Crippen LogP contribution < -0.4 is 10.7 Å². The SMILES string of the molecule is CCS(=O)(=O)c1cc(=O)c2cc(C)cc(CCNc3ccccc3C(=O)OC)c2o1. The summed E-state index contributed by atoms with van der Waals surface area (Å²) < 4.78 is 34.9. The predicted molar refractivity (Wildman–Crippen MR) is 115 cm³/mol. The fraction of sp³-hybridized carbons (Fsp3) is 0.273. The molecule has 7 nitrogen and oxygen atoms in total. The summed E-state index contributed by atoms with van der Waals surface area (Å²) in [5, 5.41) is 3.21. The minimum absolute atomic E-state index is 0.158. The van der Waals surface area contributed by atoms with E-state index in [0.717, 1.165) is 11.6 Å². The smallest absolute Gasteiger partial charge is 0.339 e. The summed E-state index contributed by atoms with van der Waals surface area (Å²) >= 11 is 0. The van der Waals surface area contributed by atoms with Crippen LogP contribution >= 0.6 is 0 Å². The number of rotatable bonds is 7. The van der Waals surface area contributed by atoms with E-state index in [1.165, 1.54) is 14.0 Å². The minimum Gasteiger partial charge on any atom is -0.465 e. The maximum atomic E-state index is 12.5. The number of hydrogen-bond donors (Lipinski definition) is 1. The average Bonchev–Trinajstić information content (AvgIpc) is 2.73. The van der Waals surface area contributed by atoms with Gasteiger partial charge in [0, 0.05) is 18.3 Å². The third-order valence-corrected chi connectivity index (χ3v) is 6.33. The summed E-state index contributed by atoms with van der Waals surface area (Å²) in [5.41, 5.74) is 2.48. The molecule has 0 amide bonds. The molecule has 0 saturated carbocycles. The van der Waals surface area contributed by atoms with E-state index in [1.807, 2.05) is 13.0 Å². The second kappa shape index (κ2) is 8.71. The van der Waals surface area contributed by atoms with Gasteiger partial charge in [-0.05, 0) is 42.7 Å². The van der Waals surface area contributed by atoms with E-state index in [1.54, 1.807) is 30.3 Å². The van der Waals surface area contributed by atoms with E-state index in [2.05, 4.69) is 5.32 Å². The van der Waals surface area contributed by atoms with Crippen LogP contribution in [0.1, 0.15) is 28.4 Å². The van der Waals surface area contributed by atoms with E-state index < -0.39 is 21.2 Å². The van der Waals surface area contributed by atoms with Gasteiger partial charge in [0.2, 0.25) is 14.9 Å². The Labute approximate surface area is 174 Å². The molecule has 2 aromatic carbocycles. The van der Waals surface area contributed by atoms with Crippen molar-refractivity contribution >= 4 is 32.5 Å². The van der Waals surface area contributed by atoms with Crippen LogP contribution in [0.4, 0.5) is 5.69 Å². The fourth-order valence-electron chi connectivity index (χ4n) is 3.20. The number of hydrogen-bond acceptors (Lipinski definition) is 7. The van der Waals surface area contributed by atoms with E-state index in [0.29, 0.717) is 35.2 Å². The zero-order valence-corrected chi connectivity index (χ0v) is 17.8. The molecule has 0 aliphatic rings. The van der Waals surface area contributed by atoms with Gasteiger partial charge in [-0.2, -0.15) is 0 Å². The van der Waals surface area contributed by atoms with Crippen molar-refractivity contribution in [3.63, 3.8) is 0 Å². The third kappa shape index (κ3) is 4.38. The second-order valence-electron chi connectivity index (χ2n) is 6.85. The number of benzene rings is 2. The molecule has 158 valence electrons. The van der Waals surface area contributed by atoms with Crippen molar-refractivity contribution in [3.05, 3.63) is 69.4 Å². The molecule has 8 heteroatoms. The number of aryl methyl sites for hydroxylation is 1. The highest BCUT2D eigenvalue weighted by molar-refractivity contribution is 7.91. The van der Waals surface area contributed by atoms with E-state index in [-0.39, 0.29) is 16.4 Å². The van der Waals surface area contributed by atoms with Gasteiger partial charge < -0.3 is 14.5 Å². The zero-order chi connectivity index (χ0) is 21.9.